The maximum atomic E-state index is 2.50. The summed E-state index contributed by atoms with van der Waals surface area (Å²) in [7, 11) is 0. The van der Waals surface area contributed by atoms with E-state index in [9.17, 15) is 0 Å². The predicted molar refractivity (Wildman–Crippen MR) is 187 cm³/mol. The van der Waals surface area contributed by atoms with Crippen molar-refractivity contribution in [3.8, 4) is 19.5 Å². The predicted octanol–water partition coefficient (Wildman–Crippen LogP) is 9.13. The third-order valence-electron chi connectivity index (χ3n) is 5.87. The van der Waals surface area contributed by atoms with Gasteiger partial charge < -0.3 is 0 Å². The topological polar surface area (TPSA) is 0 Å². The quantitative estimate of drug-likeness (QED) is 0.169. The number of thiophene rings is 4. The molecule has 0 nitrogen and oxygen atoms in total. The van der Waals surface area contributed by atoms with E-state index in [-0.39, 0.29) is 0 Å². The van der Waals surface area contributed by atoms with Crippen LogP contribution in [0.4, 0.5) is 0 Å². The van der Waals surface area contributed by atoms with Gasteiger partial charge in [0.25, 0.3) is 0 Å². The molecular weight excluding hydrogens is 939 g/mol. The zero-order chi connectivity index (χ0) is 27.1. The van der Waals surface area contributed by atoms with Crippen LogP contribution in [0.2, 0.25) is 59.3 Å². The summed E-state index contributed by atoms with van der Waals surface area (Å²) in [5.41, 5.74) is 0. The Morgan fingerprint density at radius 3 is 0.583 bits per heavy atom. The molecule has 0 unspecified atom stereocenters. The molecule has 4 aromatic rings. The Kier molecular flexibility index (Phi) is 11.3. The Labute approximate surface area is 253 Å². The Morgan fingerprint density at radius 1 is 0.306 bits per heavy atom. The summed E-state index contributed by atoms with van der Waals surface area (Å²) in [6.07, 6.45) is 0. The number of rotatable bonds is 6. The van der Waals surface area contributed by atoms with Gasteiger partial charge in [-0.25, -0.2) is 0 Å². The molecular formula is C28H44S4Sn4. The first-order valence-corrected chi connectivity index (χ1v) is 56.0. The van der Waals surface area contributed by atoms with Gasteiger partial charge in [0.05, 0.1) is 0 Å². The molecule has 0 N–H and O–H groups in total. The summed E-state index contributed by atoms with van der Waals surface area (Å²) in [4.78, 5) is 35.9. The monoisotopic (exact) mass is 988 g/mol. The normalized spacial score (nSPS) is 13.0. The van der Waals surface area contributed by atoms with E-state index in [0.717, 1.165) is 0 Å². The summed E-state index contributed by atoms with van der Waals surface area (Å²) in [6, 6.07) is 18.9. The fraction of sp³-hybridized carbons (Fsp3) is 0.429. The van der Waals surface area contributed by atoms with Gasteiger partial charge in [0.2, 0.25) is 0 Å². The van der Waals surface area contributed by atoms with Gasteiger partial charge in [0.1, 0.15) is 0 Å². The molecule has 0 atom stereocenters. The Balaban J connectivity index is 0.000000201. The molecule has 0 saturated carbocycles. The Morgan fingerprint density at radius 2 is 0.472 bits per heavy atom. The molecule has 0 aliphatic carbocycles. The van der Waals surface area contributed by atoms with Crippen LogP contribution in [0.3, 0.4) is 0 Å². The third-order valence-corrected chi connectivity index (χ3v) is 48.6. The van der Waals surface area contributed by atoms with Crippen LogP contribution in [0.25, 0.3) is 19.5 Å². The molecule has 0 spiro atoms. The minimum atomic E-state index is -1.86. The molecule has 0 aromatic carbocycles. The molecule has 0 fully saturated rings. The van der Waals surface area contributed by atoms with E-state index in [4.69, 9.17) is 0 Å². The van der Waals surface area contributed by atoms with Crippen LogP contribution in [0.15, 0.2) is 48.5 Å². The van der Waals surface area contributed by atoms with Gasteiger partial charge in [0.15, 0.2) is 0 Å². The van der Waals surface area contributed by atoms with Crippen molar-refractivity contribution in [1.82, 2.24) is 0 Å². The molecule has 4 rings (SSSR count). The van der Waals surface area contributed by atoms with Gasteiger partial charge in [-0.2, -0.15) is 0 Å². The fourth-order valence-electron chi connectivity index (χ4n) is 3.49. The zero-order valence-corrected chi connectivity index (χ0v) is 38.9. The van der Waals surface area contributed by atoms with E-state index in [0.29, 0.717) is 0 Å². The van der Waals surface area contributed by atoms with Crippen molar-refractivity contribution in [1.29, 1.82) is 0 Å². The number of hydrogen-bond acceptors (Lipinski definition) is 4. The summed E-state index contributed by atoms with van der Waals surface area (Å²) in [5.74, 6) is 0. The second kappa shape index (κ2) is 12.5. The van der Waals surface area contributed by atoms with Crippen LogP contribution >= 0.6 is 45.3 Å². The molecule has 0 radical (unpaired) electrons. The summed E-state index contributed by atoms with van der Waals surface area (Å²) >= 11 is 0.734. The van der Waals surface area contributed by atoms with Crippen molar-refractivity contribution in [3.05, 3.63) is 48.5 Å². The minimum absolute atomic E-state index is 1.49. The second-order valence-corrected chi connectivity index (χ2v) is 79.7. The molecule has 0 saturated heterocycles. The molecule has 4 heterocycles. The summed E-state index contributed by atoms with van der Waals surface area (Å²) in [6.45, 7) is 0. The van der Waals surface area contributed by atoms with Gasteiger partial charge in [0, 0.05) is 0 Å². The van der Waals surface area contributed by atoms with E-state index in [1.807, 2.05) is 45.3 Å². The van der Waals surface area contributed by atoms with Gasteiger partial charge in [-0.15, -0.1) is 0 Å². The van der Waals surface area contributed by atoms with Crippen LogP contribution in [0.5, 0.6) is 0 Å². The Hall–Kier alpha value is 1.99. The molecule has 4 aromatic heterocycles. The van der Waals surface area contributed by atoms with Crippen molar-refractivity contribution in [2.24, 2.45) is 0 Å². The van der Waals surface area contributed by atoms with Crippen LogP contribution in [-0.2, 0) is 0 Å². The average Bonchev–Trinajstić information content (AvgIpc) is 3.53. The van der Waals surface area contributed by atoms with Crippen LogP contribution in [0.1, 0.15) is 0 Å². The van der Waals surface area contributed by atoms with Gasteiger partial charge >= 0.3 is 258 Å². The van der Waals surface area contributed by atoms with Crippen molar-refractivity contribution in [2.45, 2.75) is 59.3 Å². The van der Waals surface area contributed by atoms with Gasteiger partial charge in [-0.05, 0) is 0 Å². The maximum absolute atomic E-state index is 2.50. The van der Waals surface area contributed by atoms with Crippen LogP contribution in [0, 0.1) is 0 Å². The molecule has 0 amide bonds. The van der Waals surface area contributed by atoms with Gasteiger partial charge in [-0.3, -0.25) is 0 Å². The second-order valence-electron chi connectivity index (χ2n) is 13.7. The van der Waals surface area contributed by atoms with E-state index < -0.39 is 73.5 Å². The molecule has 36 heavy (non-hydrogen) atoms. The third kappa shape index (κ3) is 9.00. The Bertz CT molecular complexity index is 1080. The SMILES string of the molecule is [CH3][Sn]([CH3])([CH3])[c]1ccc(-c2cc[c]([Sn]([CH3])([CH3])[CH3])s2)s1.[CH3][Sn]([CH3])([CH3])[c]1ccc(-c2cc[c]([Sn]([CH3])([CH3])[CH3])s2)s1. The molecule has 196 valence electrons. The molecule has 0 aliphatic rings. The van der Waals surface area contributed by atoms with Crippen molar-refractivity contribution < 1.29 is 0 Å². The molecule has 0 bridgehead atoms. The first kappa shape index (κ1) is 32.5. The number of hydrogen-bond donors (Lipinski definition) is 0. The van der Waals surface area contributed by atoms with E-state index >= 15 is 0 Å². The van der Waals surface area contributed by atoms with Crippen molar-refractivity contribution >= 4 is 130 Å². The molecule has 8 heteroatoms. The van der Waals surface area contributed by atoms with Crippen molar-refractivity contribution in [2.75, 3.05) is 0 Å². The van der Waals surface area contributed by atoms with Gasteiger partial charge in [-0.1, -0.05) is 0 Å². The summed E-state index contributed by atoms with van der Waals surface area (Å²) in [5, 5.41) is 0. The zero-order valence-electron chi connectivity index (χ0n) is 24.3. The van der Waals surface area contributed by atoms with Crippen LogP contribution < -0.4 is 11.6 Å². The average molecular weight is 984 g/mol. The van der Waals surface area contributed by atoms with Crippen molar-refractivity contribution in [3.63, 3.8) is 0 Å². The van der Waals surface area contributed by atoms with Crippen LogP contribution in [-0.4, -0.2) is 73.5 Å². The first-order valence-electron chi connectivity index (χ1n) is 12.8. The molecule has 0 aliphatic heterocycles. The summed E-state index contributed by atoms with van der Waals surface area (Å²) < 4.78 is 6.75. The van der Waals surface area contributed by atoms with E-state index in [1.165, 1.54) is 19.5 Å². The van der Waals surface area contributed by atoms with E-state index in [1.54, 1.807) is 11.6 Å². The standard InChI is InChI=1S/2C8H4S2.12CH3.4Sn/c2*1-3-7(9-5-1)8-4-2-6-10-8;;;;;;;;;;;;;;;;/h2*1-4H;12*1H3;;;;. The fourth-order valence-corrected chi connectivity index (χ4v) is 28.8. The first-order chi connectivity index (χ1) is 16.4. The van der Waals surface area contributed by atoms with E-state index in [2.05, 4.69) is 108 Å².